The Bertz CT molecular complexity index is 672. The van der Waals surface area contributed by atoms with Crippen molar-refractivity contribution in [1.82, 2.24) is 0 Å². The maximum Gasteiger partial charge on any atom is 0.185 e. The number of ketones is 1. The van der Waals surface area contributed by atoms with E-state index in [1.165, 1.54) is 25.3 Å². The van der Waals surface area contributed by atoms with Crippen molar-refractivity contribution in [3.63, 3.8) is 0 Å². The van der Waals surface area contributed by atoms with Gasteiger partial charge in [-0.25, -0.2) is 0 Å². The molecule has 0 fully saturated rings. The van der Waals surface area contributed by atoms with E-state index >= 15 is 0 Å². The van der Waals surface area contributed by atoms with Crippen LogP contribution in [0.4, 0.5) is 0 Å². The number of ether oxygens (including phenoxy) is 1. The van der Waals surface area contributed by atoms with E-state index in [4.69, 9.17) is 4.74 Å². The highest BCUT2D eigenvalue weighted by atomic mass is 16.5. The van der Waals surface area contributed by atoms with Gasteiger partial charge in [0.1, 0.15) is 11.5 Å². The quantitative estimate of drug-likeness (QED) is 0.389. The molecule has 24 heavy (non-hydrogen) atoms. The van der Waals surface area contributed by atoms with Crippen LogP contribution >= 0.6 is 0 Å². The van der Waals surface area contributed by atoms with E-state index in [1.807, 2.05) is 18.2 Å². The second-order valence-electron chi connectivity index (χ2n) is 5.69. The van der Waals surface area contributed by atoms with Gasteiger partial charge in [-0.2, -0.15) is 0 Å². The Morgan fingerprint density at radius 2 is 1.79 bits per heavy atom. The molecule has 0 aliphatic heterocycles. The number of allylic oxidation sites excluding steroid dienone is 1. The zero-order valence-electron chi connectivity index (χ0n) is 14.1. The average molecular weight is 324 g/mol. The summed E-state index contributed by atoms with van der Waals surface area (Å²) in [6.07, 6.45) is 7.78. The number of unbranched alkanes of at least 4 members (excludes halogenated alkanes) is 3. The smallest absolute Gasteiger partial charge is 0.185 e. The summed E-state index contributed by atoms with van der Waals surface area (Å²) in [5.41, 5.74) is 1.22. The molecule has 0 amide bonds. The molecule has 0 atom stereocenters. The molecule has 0 aliphatic rings. The molecule has 2 aromatic carbocycles. The fourth-order valence-electron chi connectivity index (χ4n) is 2.32. The summed E-state index contributed by atoms with van der Waals surface area (Å²) in [6.45, 7) is 2.89. The minimum atomic E-state index is -0.104. The number of hydrogen-bond acceptors (Lipinski definition) is 3. The molecule has 0 saturated carbocycles. The number of aromatic hydroxyl groups is 1. The Labute approximate surface area is 143 Å². The fourth-order valence-corrected chi connectivity index (χ4v) is 2.32. The molecular weight excluding hydrogens is 300 g/mol. The Hall–Kier alpha value is -2.55. The Kier molecular flexibility index (Phi) is 7.09. The van der Waals surface area contributed by atoms with Gasteiger partial charge in [0.15, 0.2) is 5.78 Å². The third kappa shape index (κ3) is 5.58. The van der Waals surface area contributed by atoms with Crippen LogP contribution in [-0.4, -0.2) is 17.5 Å². The van der Waals surface area contributed by atoms with Gasteiger partial charge in [-0.1, -0.05) is 44.4 Å². The van der Waals surface area contributed by atoms with Gasteiger partial charge >= 0.3 is 0 Å². The molecule has 1 N–H and O–H groups in total. The third-order valence-electron chi connectivity index (χ3n) is 3.76. The number of hydrogen-bond donors (Lipinski definition) is 1. The first-order valence-electron chi connectivity index (χ1n) is 8.44. The maximum absolute atomic E-state index is 12.2. The van der Waals surface area contributed by atoms with Crippen molar-refractivity contribution in [1.29, 1.82) is 0 Å². The van der Waals surface area contributed by atoms with E-state index < -0.39 is 0 Å². The molecule has 0 spiro atoms. The Morgan fingerprint density at radius 3 is 2.50 bits per heavy atom. The van der Waals surface area contributed by atoms with Gasteiger partial charge in [-0.05, 0) is 48.9 Å². The van der Waals surface area contributed by atoms with Crippen LogP contribution < -0.4 is 4.74 Å². The van der Waals surface area contributed by atoms with E-state index in [0.29, 0.717) is 17.7 Å². The Balaban J connectivity index is 1.88. The number of benzene rings is 2. The number of carbonyl (C=O) groups excluding carboxylic acids is 1. The predicted molar refractivity (Wildman–Crippen MR) is 97.6 cm³/mol. The van der Waals surface area contributed by atoms with Crippen molar-refractivity contribution in [3.8, 4) is 11.5 Å². The lowest BCUT2D eigenvalue weighted by molar-refractivity contribution is 0.104. The Morgan fingerprint density at radius 1 is 1.04 bits per heavy atom. The van der Waals surface area contributed by atoms with Crippen molar-refractivity contribution < 1.29 is 14.6 Å². The first-order valence-corrected chi connectivity index (χ1v) is 8.44. The molecular formula is C21H24O3. The molecule has 0 aromatic heterocycles. The predicted octanol–water partition coefficient (Wildman–Crippen LogP) is 5.25. The molecule has 2 rings (SSSR count). The highest BCUT2D eigenvalue weighted by Gasteiger charge is 2.03. The summed E-state index contributed by atoms with van der Waals surface area (Å²) < 4.78 is 5.67. The van der Waals surface area contributed by atoms with Crippen LogP contribution in [-0.2, 0) is 0 Å². The lowest BCUT2D eigenvalue weighted by Gasteiger charge is -2.06. The van der Waals surface area contributed by atoms with E-state index in [1.54, 1.807) is 36.4 Å². The molecule has 0 saturated heterocycles. The second-order valence-corrected chi connectivity index (χ2v) is 5.69. The first kappa shape index (κ1) is 17.8. The molecule has 3 heteroatoms. The molecule has 3 nitrogen and oxygen atoms in total. The zero-order chi connectivity index (χ0) is 17.2. The molecule has 126 valence electrons. The van der Waals surface area contributed by atoms with Crippen molar-refractivity contribution in [3.05, 3.63) is 65.7 Å². The van der Waals surface area contributed by atoms with Crippen molar-refractivity contribution in [2.45, 2.75) is 32.6 Å². The molecule has 0 unspecified atom stereocenters. The number of phenolic OH excluding ortho intramolecular Hbond substituents is 1. The number of phenols is 1. The lowest BCUT2D eigenvalue weighted by Crippen LogP contribution is -1.98. The number of para-hydroxylation sites is 1. The van der Waals surface area contributed by atoms with Crippen LogP contribution in [0.25, 0.3) is 6.08 Å². The summed E-state index contributed by atoms with van der Waals surface area (Å²) in [5, 5.41) is 9.69. The van der Waals surface area contributed by atoms with E-state index in [0.717, 1.165) is 12.2 Å². The van der Waals surface area contributed by atoms with Crippen LogP contribution in [0.15, 0.2) is 54.6 Å². The SMILES string of the molecule is CCCCCCOc1ccc(C(=O)/C=C/c2ccccc2O)cc1. The summed E-state index contributed by atoms with van der Waals surface area (Å²) in [6, 6.07) is 14.1. The largest absolute Gasteiger partial charge is 0.507 e. The normalized spacial score (nSPS) is 10.9. The molecule has 0 bridgehead atoms. The van der Waals surface area contributed by atoms with Gasteiger partial charge in [0, 0.05) is 11.1 Å². The van der Waals surface area contributed by atoms with Crippen LogP contribution in [0, 0.1) is 0 Å². The molecule has 0 heterocycles. The van der Waals surface area contributed by atoms with Crippen molar-refractivity contribution in [2.24, 2.45) is 0 Å². The first-order chi connectivity index (χ1) is 11.7. The van der Waals surface area contributed by atoms with Crippen molar-refractivity contribution in [2.75, 3.05) is 6.61 Å². The van der Waals surface area contributed by atoms with Crippen molar-refractivity contribution >= 4 is 11.9 Å². The summed E-state index contributed by atoms with van der Waals surface area (Å²) in [7, 11) is 0. The lowest BCUT2D eigenvalue weighted by atomic mass is 10.1. The van der Waals surface area contributed by atoms with Gasteiger partial charge in [-0.3, -0.25) is 4.79 Å². The van der Waals surface area contributed by atoms with Crippen LogP contribution in [0.5, 0.6) is 11.5 Å². The fraction of sp³-hybridized carbons (Fsp3) is 0.286. The minimum Gasteiger partial charge on any atom is -0.507 e. The van der Waals surface area contributed by atoms with Gasteiger partial charge in [0.2, 0.25) is 0 Å². The summed E-state index contributed by atoms with van der Waals surface area (Å²) >= 11 is 0. The van der Waals surface area contributed by atoms with Crippen LogP contribution in [0.1, 0.15) is 48.5 Å². The van der Waals surface area contributed by atoms with Gasteiger partial charge in [-0.15, -0.1) is 0 Å². The maximum atomic E-state index is 12.2. The van der Waals surface area contributed by atoms with Crippen LogP contribution in [0.3, 0.4) is 0 Å². The average Bonchev–Trinajstić information content (AvgIpc) is 2.61. The summed E-state index contributed by atoms with van der Waals surface area (Å²) in [5.74, 6) is 0.842. The van der Waals surface area contributed by atoms with E-state index in [9.17, 15) is 9.90 Å². The van der Waals surface area contributed by atoms with Gasteiger partial charge in [0.25, 0.3) is 0 Å². The van der Waals surface area contributed by atoms with Gasteiger partial charge in [0.05, 0.1) is 6.61 Å². The zero-order valence-corrected chi connectivity index (χ0v) is 14.1. The highest BCUT2D eigenvalue weighted by molar-refractivity contribution is 6.07. The second kappa shape index (κ2) is 9.56. The molecule has 0 radical (unpaired) electrons. The minimum absolute atomic E-state index is 0.104. The number of rotatable bonds is 9. The van der Waals surface area contributed by atoms with Gasteiger partial charge < -0.3 is 9.84 Å². The van der Waals surface area contributed by atoms with Crippen LogP contribution in [0.2, 0.25) is 0 Å². The third-order valence-corrected chi connectivity index (χ3v) is 3.76. The monoisotopic (exact) mass is 324 g/mol. The van der Waals surface area contributed by atoms with E-state index in [-0.39, 0.29) is 11.5 Å². The molecule has 0 aliphatic carbocycles. The molecule has 2 aromatic rings. The standard InChI is InChI=1S/C21H24O3/c1-2-3-4-7-16-24-19-13-10-18(11-14-19)21(23)15-12-17-8-5-6-9-20(17)22/h5-6,8-15,22H,2-4,7,16H2,1H3/b15-12+. The van der Waals surface area contributed by atoms with E-state index in [2.05, 4.69) is 6.92 Å². The summed E-state index contributed by atoms with van der Waals surface area (Å²) in [4.78, 5) is 12.2. The highest BCUT2D eigenvalue weighted by Crippen LogP contribution is 2.18. The number of carbonyl (C=O) groups is 1. The topological polar surface area (TPSA) is 46.5 Å².